The summed E-state index contributed by atoms with van der Waals surface area (Å²) in [6.45, 7) is -0.706. The minimum Gasteiger partial charge on any atom is -0.465 e. The van der Waals surface area contributed by atoms with E-state index in [0.29, 0.717) is 0 Å². The second-order valence-electron chi connectivity index (χ2n) is 7.20. The van der Waals surface area contributed by atoms with Crippen LogP contribution in [-0.4, -0.2) is 112 Å². The van der Waals surface area contributed by atoms with Crippen LogP contribution in [-0.2, 0) is 18.9 Å². The monoisotopic (exact) mass is 446 g/mol. The highest BCUT2D eigenvalue weighted by molar-refractivity contribution is 5.92. The first-order valence-electron chi connectivity index (χ1n) is 9.55. The third-order valence-corrected chi connectivity index (χ3v) is 5.08. The Balaban J connectivity index is 1.68. The van der Waals surface area contributed by atoms with E-state index in [1.807, 2.05) is 0 Å². The minimum absolute atomic E-state index is 0.0183. The van der Waals surface area contributed by atoms with Gasteiger partial charge in [-0.1, -0.05) is 12.1 Å². The average molecular weight is 446 g/mol. The van der Waals surface area contributed by atoms with E-state index in [4.69, 9.17) is 18.9 Å². The summed E-state index contributed by atoms with van der Waals surface area (Å²) < 4.78 is 26.2. The van der Waals surface area contributed by atoms with Crippen LogP contribution in [0.5, 0.6) is 5.75 Å². The number of carbonyl (C=O) groups excluding carboxylic acids is 1. The Morgan fingerprint density at radius 3 is 2.35 bits per heavy atom. The van der Waals surface area contributed by atoms with Crippen LogP contribution in [0.25, 0.3) is 0 Å². The second kappa shape index (κ2) is 10.2. The normalized spacial score (nSPS) is 38.5. The Hall–Kier alpha value is -1.87. The number of hydrogen-bond donors (Lipinski definition) is 6. The number of hydrogen-bond acceptors (Lipinski definition) is 12. The SMILES string of the molecule is COC(=O)c1ccccc1O[C@@H]1O[C@H](CO[C@@H]2OC[C@@H](O)[C@@H](O)[C@H]2O)[C@@H](O)[C@H](O)[C@H]1O. The molecule has 0 aliphatic carbocycles. The Morgan fingerprint density at radius 2 is 1.65 bits per heavy atom. The van der Waals surface area contributed by atoms with Gasteiger partial charge in [0.25, 0.3) is 0 Å². The van der Waals surface area contributed by atoms with Crippen molar-refractivity contribution in [1.29, 1.82) is 0 Å². The van der Waals surface area contributed by atoms with E-state index in [1.165, 1.54) is 19.2 Å². The molecule has 1 aromatic carbocycles. The summed E-state index contributed by atoms with van der Waals surface area (Å²) in [5.41, 5.74) is 0.0560. The summed E-state index contributed by atoms with van der Waals surface area (Å²) in [5.74, 6) is -0.671. The molecular weight excluding hydrogens is 420 g/mol. The van der Waals surface area contributed by atoms with Crippen molar-refractivity contribution in [3.63, 3.8) is 0 Å². The number of rotatable bonds is 6. The fourth-order valence-electron chi connectivity index (χ4n) is 3.24. The zero-order chi connectivity index (χ0) is 22.7. The molecule has 2 aliphatic rings. The standard InChI is InChI=1S/C19H26O12/c1-27-17(26)8-4-2-3-5-10(8)30-19-16(25)14(23)13(22)11(31-19)7-29-18-15(24)12(21)9(20)6-28-18/h2-5,9,11-16,18-25H,6-7H2,1H3/t9-,11-,12-,13-,14+,15-,16-,18+,19-/m1/s1. The molecule has 6 N–H and O–H groups in total. The number of methoxy groups -OCH3 is 1. The molecule has 2 heterocycles. The van der Waals surface area contributed by atoms with Gasteiger partial charge in [0.05, 0.1) is 20.3 Å². The average Bonchev–Trinajstić information content (AvgIpc) is 2.78. The van der Waals surface area contributed by atoms with Crippen LogP contribution in [0.4, 0.5) is 0 Å². The minimum atomic E-state index is -1.68. The molecule has 0 spiro atoms. The predicted octanol–water partition coefficient (Wildman–Crippen LogP) is -2.88. The number of aliphatic hydroxyl groups excluding tert-OH is 6. The molecule has 2 fully saturated rings. The van der Waals surface area contributed by atoms with E-state index in [1.54, 1.807) is 12.1 Å². The lowest BCUT2D eigenvalue weighted by Crippen LogP contribution is -2.61. The summed E-state index contributed by atoms with van der Waals surface area (Å²) in [7, 11) is 1.19. The van der Waals surface area contributed by atoms with Gasteiger partial charge < -0.3 is 54.3 Å². The van der Waals surface area contributed by atoms with Crippen molar-refractivity contribution in [2.75, 3.05) is 20.3 Å². The predicted molar refractivity (Wildman–Crippen MR) is 98.8 cm³/mol. The zero-order valence-corrected chi connectivity index (χ0v) is 16.6. The van der Waals surface area contributed by atoms with Crippen molar-refractivity contribution < 1.29 is 59.1 Å². The fraction of sp³-hybridized carbons (Fsp3) is 0.632. The van der Waals surface area contributed by atoms with Gasteiger partial charge in [-0.25, -0.2) is 4.79 Å². The molecule has 0 aromatic heterocycles. The van der Waals surface area contributed by atoms with Gasteiger partial charge >= 0.3 is 5.97 Å². The molecule has 2 aliphatic heterocycles. The largest absolute Gasteiger partial charge is 0.465 e. The highest BCUT2D eigenvalue weighted by Gasteiger charge is 2.46. The molecule has 31 heavy (non-hydrogen) atoms. The van der Waals surface area contributed by atoms with Crippen LogP contribution < -0.4 is 4.74 Å². The van der Waals surface area contributed by atoms with Crippen molar-refractivity contribution >= 4 is 5.97 Å². The van der Waals surface area contributed by atoms with Gasteiger partial charge in [0, 0.05) is 0 Å². The van der Waals surface area contributed by atoms with Crippen LogP contribution >= 0.6 is 0 Å². The molecule has 2 saturated heterocycles. The Bertz CT molecular complexity index is 744. The summed E-state index contributed by atoms with van der Waals surface area (Å²) in [6, 6.07) is 6.02. The Labute approximate surface area is 177 Å². The maximum atomic E-state index is 11.9. The fourth-order valence-corrected chi connectivity index (χ4v) is 3.24. The molecule has 0 radical (unpaired) electrons. The molecule has 0 unspecified atom stereocenters. The second-order valence-corrected chi connectivity index (χ2v) is 7.20. The Kier molecular flexibility index (Phi) is 7.80. The number of esters is 1. The molecule has 9 atom stereocenters. The topological polar surface area (TPSA) is 185 Å². The molecular formula is C19H26O12. The quantitative estimate of drug-likeness (QED) is 0.246. The van der Waals surface area contributed by atoms with E-state index in [9.17, 15) is 35.4 Å². The molecule has 3 rings (SSSR count). The Morgan fingerprint density at radius 1 is 0.968 bits per heavy atom. The van der Waals surface area contributed by atoms with Gasteiger partial charge in [-0.2, -0.15) is 0 Å². The van der Waals surface area contributed by atoms with Crippen molar-refractivity contribution in [2.24, 2.45) is 0 Å². The van der Waals surface area contributed by atoms with Gasteiger partial charge in [0.1, 0.15) is 54.0 Å². The van der Waals surface area contributed by atoms with Crippen LogP contribution in [0.2, 0.25) is 0 Å². The molecule has 12 nitrogen and oxygen atoms in total. The lowest BCUT2D eigenvalue weighted by Gasteiger charge is -2.41. The first-order valence-corrected chi connectivity index (χ1v) is 9.55. The number of ether oxygens (including phenoxy) is 5. The van der Waals surface area contributed by atoms with E-state index in [2.05, 4.69) is 4.74 Å². The number of para-hydroxylation sites is 1. The third-order valence-electron chi connectivity index (χ3n) is 5.08. The van der Waals surface area contributed by atoms with Crippen molar-refractivity contribution in [2.45, 2.75) is 55.3 Å². The number of carbonyl (C=O) groups is 1. The summed E-state index contributed by atoms with van der Waals surface area (Å²) >= 11 is 0. The highest BCUT2D eigenvalue weighted by Crippen LogP contribution is 2.28. The van der Waals surface area contributed by atoms with Gasteiger partial charge in [0.2, 0.25) is 6.29 Å². The molecule has 0 amide bonds. The number of aliphatic hydroxyl groups is 6. The van der Waals surface area contributed by atoms with Crippen LogP contribution in [0.3, 0.4) is 0 Å². The molecule has 0 bridgehead atoms. The van der Waals surface area contributed by atoms with E-state index in [0.717, 1.165) is 0 Å². The highest BCUT2D eigenvalue weighted by atomic mass is 16.7. The van der Waals surface area contributed by atoms with Crippen molar-refractivity contribution in [1.82, 2.24) is 0 Å². The van der Waals surface area contributed by atoms with Gasteiger partial charge in [0.15, 0.2) is 6.29 Å². The first-order chi connectivity index (χ1) is 14.7. The first kappa shape index (κ1) is 23.8. The molecule has 174 valence electrons. The van der Waals surface area contributed by atoms with Crippen LogP contribution in [0.1, 0.15) is 10.4 Å². The van der Waals surface area contributed by atoms with Gasteiger partial charge in [-0.05, 0) is 12.1 Å². The number of benzene rings is 1. The van der Waals surface area contributed by atoms with Gasteiger partial charge in [-0.3, -0.25) is 0 Å². The molecule has 1 aromatic rings. The third kappa shape index (κ3) is 5.14. The van der Waals surface area contributed by atoms with E-state index >= 15 is 0 Å². The lowest BCUT2D eigenvalue weighted by molar-refractivity contribution is -0.307. The summed E-state index contributed by atoms with van der Waals surface area (Å²) in [4.78, 5) is 11.9. The molecule has 12 heteroatoms. The maximum Gasteiger partial charge on any atom is 0.341 e. The van der Waals surface area contributed by atoms with E-state index in [-0.39, 0.29) is 17.9 Å². The van der Waals surface area contributed by atoms with Crippen molar-refractivity contribution in [3.05, 3.63) is 29.8 Å². The molecule has 0 saturated carbocycles. The van der Waals surface area contributed by atoms with E-state index < -0.39 is 67.9 Å². The lowest BCUT2D eigenvalue weighted by atomic mass is 9.99. The van der Waals surface area contributed by atoms with Crippen molar-refractivity contribution in [3.8, 4) is 5.75 Å². The smallest absolute Gasteiger partial charge is 0.341 e. The summed E-state index contributed by atoms with van der Waals surface area (Å²) in [6.07, 6.45) is -13.3. The maximum absolute atomic E-state index is 11.9. The van der Waals surface area contributed by atoms with Crippen LogP contribution in [0, 0.1) is 0 Å². The van der Waals surface area contributed by atoms with Crippen LogP contribution in [0.15, 0.2) is 24.3 Å². The summed E-state index contributed by atoms with van der Waals surface area (Å²) in [5, 5.41) is 59.8. The zero-order valence-electron chi connectivity index (χ0n) is 16.6. The van der Waals surface area contributed by atoms with Gasteiger partial charge in [-0.15, -0.1) is 0 Å².